The summed E-state index contributed by atoms with van der Waals surface area (Å²) in [4.78, 5) is 11.8. The van der Waals surface area contributed by atoms with Gasteiger partial charge in [-0.2, -0.15) is 0 Å². The highest BCUT2D eigenvalue weighted by atomic mass is 19.3. The molecule has 1 saturated carbocycles. The minimum absolute atomic E-state index is 0.254. The minimum Gasteiger partial charge on any atom is -0.487 e. The molecule has 0 aromatic heterocycles. The van der Waals surface area contributed by atoms with Crippen LogP contribution in [-0.4, -0.2) is 24.5 Å². The Kier molecular flexibility index (Phi) is 3.71. The Morgan fingerprint density at radius 2 is 2.21 bits per heavy atom. The quantitative estimate of drug-likeness (QED) is 0.860. The number of hydrogen-bond acceptors (Lipinski definition) is 3. The highest BCUT2D eigenvalue weighted by Gasteiger charge is 2.45. The van der Waals surface area contributed by atoms with Crippen LogP contribution in [0.1, 0.15) is 18.4 Å². The first-order chi connectivity index (χ1) is 8.90. The van der Waals surface area contributed by atoms with Crippen molar-refractivity contribution < 1.29 is 18.3 Å². The van der Waals surface area contributed by atoms with Crippen molar-refractivity contribution in [2.45, 2.75) is 31.7 Å². The van der Waals surface area contributed by atoms with E-state index < -0.39 is 18.6 Å². The number of halogens is 2. The Hall–Kier alpha value is -1.69. The van der Waals surface area contributed by atoms with E-state index in [9.17, 15) is 13.6 Å². The molecule has 0 spiro atoms. The molecule has 1 fully saturated rings. The normalized spacial score (nSPS) is 16.3. The lowest BCUT2D eigenvalue weighted by atomic mass is 10.2. The minimum atomic E-state index is -2.53. The Balaban J connectivity index is 2.05. The number of carbonyl (C=O) groups is 1. The fourth-order valence-corrected chi connectivity index (χ4v) is 1.60. The number of anilines is 1. The van der Waals surface area contributed by atoms with Gasteiger partial charge in [-0.1, -0.05) is 6.07 Å². The van der Waals surface area contributed by atoms with Gasteiger partial charge in [0, 0.05) is 11.8 Å². The number of aryl methyl sites for hydroxylation is 1. The molecule has 0 atom stereocenters. The summed E-state index contributed by atoms with van der Waals surface area (Å²) in [6.07, 6.45) is -1.20. The fraction of sp³-hybridized carbons (Fsp3) is 0.462. The first-order valence-corrected chi connectivity index (χ1v) is 6.03. The molecule has 2 rings (SSSR count). The van der Waals surface area contributed by atoms with Gasteiger partial charge in [-0.3, -0.25) is 4.79 Å². The third-order valence-electron chi connectivity index (χ3n) is 3.05. The molecule has 0 heterocycles. The van der Waals surface area contributed by atoms with Crippen LogP contribution >= 0.6 is 0 Å². The molecular formula is C13H16F2N2O2. The number of nitrogens with two attached hydrogens (primary N) is 1. The standard InChI is InChI=1S/C13H16F2N2O2/c1-8-2-3-9(6-10(8)19-7-11(14)15)17-12(18)13(16)4-5-13/h2-3,6,11H,4-5,7,16H2,1H3,(H,17,18). The van der Waals surface area contributed by atoms with E-state index in [4.69, 9.17) is 10.5 Å². The van der Waals surface area contributed by atoms with Crippen LogP contribution in [0.25, 0.3) is 0 Å². The summed E-state index contributed by atoms with van der Waals surface area (Å²) in [6, 6.07) is 4.92. The topological polar surface area (TPSA) is 64.4 Å². The van der Waals surface area contributed by atoms with Gasteiger partial charge in [0.1, 0.15) is 12.4 Å². The van der Waals surface area contributed by atoms with E-state index in [0.717, 1.165) is 5.56 Å². The van der Waals surface area contributed by atoms with E-state index >= 15 is 0 Å². The maximum absolute atomic E-state index is 12.1. The van der Waals surface area contributed by atoms with Gasteiger partial charge >= 0.3 is 0 Å². The molecule has 4 nitrogen and oxygen atoms in total. The van der Waals surface area contributed by atoms with E-state index in [1.165, 1.54) is 6.07 Å². The van der Waals surface area contributed by atoms with E-state index in [2.05, 4.69) is 5.32 Å². The summed E-state index contributed by atoms with van der Waals surface area (Å²) < 4.78 is 29.2. The molecule has 0 bridgehead atoms. The Morgan fingerprint density at radius 3 is 2.79 bits per heavy atom. The maximum Gasteiger partial charge on any atom is 0.272 e. The zero-order chi connectivity index (χ0) is 14.0. The van der Waals surface area contributed by atoms with Gasteiger partial charge in [0.05, 0.1) is 5.54 Å². The number of ether oxygens (including phenoxy) is 1. The Morgan fingerprint density at radius 1 is 1.53 bits per heavy atom. The van der Waals surface area contributed by atoms with Gasteiger partial charge < -0.3 is 15.8 Å². The Labute approximate surface area is 109 Å². The molecule has 6 heteroatoms. The van der Waals surface area contributed by atoms with Gasteiger partial charge in [-0.15, -0.1) is 0 Å². The summed E-state index contributed by atoms with van der Waals surface area (Å²) in [5.74, 6) is 0.0798. The Bertz CT molecular complexity index is 488. The molecule has 104 valence electrons. The van der Waals surface area contributed by atoms with E-state index in [1.54, 1.807) is 19.1 Å². The van der Waals surface area contributed by atoms with Crippen LogP contribution < -0.4 is 15.8 Å². The molecule has 0 radical (unpaired) electrons. The van der Waals surface area contributed by atoms with Gasteiger partial charge in [0.25, 0.3) is 6.43 Å². The van der Waals surface area contributed by atoms with Gasteiger partial charge in [-0.25, -0.2) is 8.78 Å². The maximum atomic E-state index is 12.1. The first kappa shape index (κ1) is 13.7. The highest BCUT2D eigenvalue weighted by Crippen LogP contribution is 2.33. The molecule has 1 aromatic rings. The van der Waals surface area contributed by atoms with Gasteiger partial charge in [0.2, 0.25) is 5.91 Å². The van der Waals surface area contributed by atoms with Crippen LogP contribution in [0.15, 0.2) is 18.2 Å². The summed E-state index contributed by atoms with van der Waals surface area (Å²) >= 11 is 0. The van der Waals surface area contributed by atoms with Crippen LogP contribution in [0.2, 0.25) is 0 Å². The second-order valence-electron chi connectivity index (χ2n) is 4.79. The molecule has 1 amide bonds. The van der Waals surface area contributed by atoms with Crippen LogP contribution in [-0.2, 0) is 4.79 Å². The average Bonchev–Trinajstić information content (AvgIpc) is 3.09. The number of amides is 1. The van der Waals surface area contributed by atoms with Crippen molar-refractivity contribution in [2.75, 3.05) is 11.9 Å². The predicted octanol–water partition coefficient (Wildman–Crippen LogP) is 2.07. The first-order valence-electron chi connectivity index (χ1n) is 6.03. The molecule has 1 aromatic carbocycles. The number of rotatable bonds is 5. The summed E-state index contributed by atoms with van der Waals surface area (Å²) in [7, 11) is 0. The number of hydrogen-bond donors (Lipinski definition) is 2. The molecular weight excluding hydrogens is 254 g/mol. The number of benzene rings is 1. The molecule has 0 unspecified atom stereocenters. The van der Waals surface area contributed by atoms with E-state index in [0.29, 0.717) is 24.3 Å². The fourth-order valence-electron chi connectivity index (χ4n) is 1.60. The molecule has 1 aliphatic carbocycles. The zero-order valence-corrected chi connectivity index (χ0v) is 10.6. The average molecular weight is 270 g/mol. The largest absolute Gasteiger partial charge is 0.487 e. The third kappa shape index (κ3) is 3.41. The second kappa shape index (κ2) is 5.13. The van der Waals surface area contributed by atoms with E-state index in [1.807, 2.05) is 0 Å². The summed E-state index contributed by atoms with van der Waals surface area (Å²) in [5.41, 5.74) is 6.22. The van der Waals surface area contributed by atoms with Gasteiger partial charge in [-0.05, 0) is 31.4 Å². The predicted molar refractivity (Wildman–Crippen MR) is 67.5 cm³/mol. The smallest absolute Gasteiger partial charge is 0.272 e. The highest BCUT2D eigenvalue weighted by molar-refractivity contribution is 6.00. The summed E-state index contributed by atoms with van der Waals surface area (Å²) in [6.45, 7) is 1.08. The molecule has 0 aliphatic heterocycles. The van der Waals surface area contributed by atoms with Gasteiger partial charge in [0.15, 0.2) is 0 Å². The van der Waals surface area contributed by atoms with Crippen molar-refractivity contribution in [2.24, 2.45) is 5.73 Å². The SMILES string of the molecule is Cc1ccc(NC(=O)C2(N)CC2)cc1OCC(F)F. The van der Waals surface area contributed by atoms with Crippen LogP contribution in [0.3, 0.4) is 0 Å². The van der Waals surface area contributed by atoms with Crippen LogP contribution in [0, 0.1) is 6.92 Å². The molecule has 0 saturated heterocycles. The van der Waals surface area contributed by atoms with Crippen molar-refractivity contribution in [1.82, 2.24) is 0 Å². The van der Waals surface area contributed by atoms with E-state index in [-0.39, 0.29) is 5.91 Å². The van der Waals surface area contributed by atoms with Crippen molar-refractivity contribution in [1.29, 1.82) is 0 Å². The number of carbonyl (C=O) groups excluding carboxylic acids is 1. The lowest BCUT2D eigenvalue weighted by Gasteiger charge is -2.13. The molecule has 1 aliphatic rings. The monoisotopic (exact) mass is 270 g/mol. The van der Waals surface area contributed by atoms with Crippen molar-refractivity contribution in [3.05, 3.63) is 23.8 Å². The molecule has 19 heavy (non-hydrogen) atoms. The lowest BCUT2D eigenvalue weighted by Crippen LogP contribution is -2.37. The van der Waals surface area contributed by atoms with Crippen LogP contribution in [0.4, 0.5) is 14.5 Å². The number of nitrogens with one attached hydrogen (secondary N) is 1. The second-order valence-corrected chi connectivity index (χ2v) is 4.79. The molecule has 3 N–H and O–H groups in total. The van der Waals surface area contributed by atoms with Crippen molar-refractivity contribution >= 4 is 11.6 Å². The lowest BCUT2D eigenvalue weighted by molar-refractivity contribution is -0.118. The zero-order valence-electron chi connectivity index (χ0n) is 10.6. The van der Waals surface area contributed by atoms with Crippen molar-refractivity contribution in [3.8, 4) is 5.75 Å². The van der Waals surface area contributed by atoms with Crippen molar-refractivity contribution in [3.63, 3.8) is 0 Å². The summed E-state index contributed by atoms with van der Waals surface area (Å²) in [5, 5.41) is 2.67. The van der Waals surface area contributed by atoms with Crippen LogP contribution in [0.5, 0.6) is 5.75 Å². The third-order valence-corrected chi connectivity index (χ3v) is 3.05. The number of alkyl halides is 2.